The Hall–Kier alpha value is -0.630. The Morgan fingerprint density at radius 3 is 2.29 bits per heavy atom. The van der Waals surface area contributed by atoms with Crippen LogP contribution in [-0.2, 0) is 16.6 Å². The predicted octanol–water partition coefficient (Wildman–Crippen LogP) is 1.59. The summed E-state index contributed by atoms with van der Waals surface area (Å²) in [6.45, 7) is 12.1. The number of rotatable bonds is 6. The number of halogens is 1. The third kappa shape index (κ3) is 5.58. The second-order valence-corrected chi connectivity index (χ2v) is 8.09. The second kappa shape index (κ2) is 7.09. The highest BCUT2D eigenvalue weighted by molar-refractivity contribution is 7.89. The highest BCUT2D eigenvalue weighted by Gasteiger charge is 2.26. The summed E-state index contributed by atoms with van der Waals surface area (Å²) in [6, 6.07) is 0. The maximum absolute atomic E-state index is 12.4. The van der Waals surface area contributed by atoms with Gasteiger partial charge in [0.05, 0.1) is 11.4 Å². The summed E-state index contributed by atoms with van der Waals surface area (Å²) in [4.78, 5) is 0.266. The van der Waals surface area contributed by atoms with Gasteiger partial charge in [-0.25, -0.2) is 13.1 Å². The number of nitrogens with zero attached hydrogens (tertiary/aromatic N) is 2. The van der Waals surface area contributed by atoms with Crippen molar-refractivity contribution in [1.82, 2.24) is 14.5 Å². The van der Waals surface area contributed by atoms with E-state index in [4.69, 9.17) is 5.73 Å². The number of aromatic nitrogens is 2. The van der Waals surface area contributed by atoms with Crippen LogP contribution in [0, 0.1) is 19.8 Å². The first-order valence-corrected chi connectivity index (χ1v) is 8.25. The summed E-state index contributed by atoms with van der Waals surface area (Å²) in [5.74, 6) is 0.402. The minimum Gasteiger partial charge on any atom is -0.324 e. The fourth-order valence-corrected chi connectivity index (χ4v) is 3.58. The largest absolute Gasteiger partial charge is 0.324 e. The molecule has 1 aromatic rings. The molecule has 0 saturated carbocycles. The lowest BCUT2D eigenvalue weighted by molar-refractivity contribution is 0.471. The van der Waals surface area contributed by atoms with E-state index in [1.165, 1.54) is 0 Å². The third-order valence-corrected chi connectivity index (χ3v) is 4.49. The number of hydrogen-bond donors (Lipinski definition) is 2. The first kappa shape index (κ1) is 20.4. The van der Waals surface area contributed by atoms with Crippen LogP contribution in [0.15, 0.2) is 4.90 Å². The maximum Gasteiger partial charge on any atom is 0.244 e. The van der Waals surface area contributed by atoms with Gasteiger partial charge in [-0.05, 0) is 33.6 Å². The molecule has 0 spiro atoms. The molecular weight excluding hydrogens is 312 g/mol. The van der Waals surface area contributed by atoms with Crippen LogP contribution in [0.2, 0.25) is 0 Å². The van der Waals surface area contributed by atoms with Crippen LogP contribution >= 0.6 is 12.4 Å². The van der Waals surface area contributed by atoms with E-state index >= 15 is 0 Å². The van der Waals surface area contributed by atoms with Gasteiger partial charge in [-0.3, -0.25) is 4.68 Å². The molecule has 0 unspecified atom stereocenters. The Bertz CT molecular complexity index is 574. The van der Waals surface area contributed by atoms with Crippen molar-refractivity contribution in [3.05, 3.63) is 11.4 Å². The Kier molecular flexibility index (Phi) is 6.87. The van der Waals surface area contributed by atoms with Gasteiger partial charge in [-0.15, -0.1) is 12.4 Å². The van der Waals surface area contributed by atoms with Crippen molar-refractivity contribution in [2.45, 2.75) is 58.5 Å². The first-order valence-electron chi connectivity index (χ1n) is 6.76. The van der Waals surface area contributed by atoms with Crippen LogP contribution in [-0.4, -0.2) is 30.3 Å². The summed E-state index contributed by atoms with van der Waals surface area (Å²) in [5.41, 5.74) is 6.41. The van der Waals surface area contributed by atoms with Gasteiger partial charge < -0.3 is 5.73 Å². The number of nitrogens with one attached hydrogen (secondary N) is 1. The van der Waals surface area contributed by atoms with Crippen LogP contribution in [0.25, 0.3) is 0 Å². The molecule has 0 aliphatic carbocycles. The van der Waals surface area contributed by atoms with Crippen molar-refractivity contribution in [3.8, 4) is 0 Å². The van der Waals surface area contributed by atoms with Crippen LogP contribution in [0.3, 0.4) is 0 Å². The van der Waals surface area contributed by atoms with Crippen molar-refractivity contribution in [2.24, 2.45) is 11.7 Å². The van der Waals surface area contributed by atoms with Crippen molar-refractivity contribution in [1.29, 1.82) is 0 Å². The van der Waals surface area contributed by atoms with E-state index in [0.717, 1.165) is 0 Å². The summed E-state index contributed by atoms with van der Waals surface area (Å²) < 4.78 is 29.1. The van der Waals surface area contributed by atoms with Crippen LogP contribution < -0.4 is 10.5 Å². The molecular formula is C13H27ClN4O2S. The molecule has 0 aliphatic rings. The third-order valence-electron chi connectivity index (χ3n) is 2.84. The Balaban J connectivity index is 0.00000400. The fourth-order valence-electron chi connectivity index (χ4n) is 1.95. The monoisotopic (exact) mass is 338 g/mol. The zero-order chi connectivity index (χ0) is 15.7. The molecule has 0 aliphatic heterocycles. The second-order valence-electron chi connectivity index (χ2n) is 6.39. The number of sulfonamides is 1. The Morgan fingerprint density at radius 1 is 1.33 bits per heavy atom. The predicted molar refractivity (Wildman–Crippen MR) is 87.2 cm³/mol. The lowest BCUT2D eigenvalue weighted by atomic mass is 10.1. The molecule has 0 atom stereocenters. The van der Waals surface area contributed by atoms with Gasteiger partial charge in [0.15, 0.2) is 0 Å². The molecule has 0 fully saturated rings. The van der Waals surface area contributed by atoms with Gasteiger partial charge in [0, 0.05) is 18.6 Å². The van der Waals surface area contributed by atoms with Crippen molar-refractivity contribution >= 4 is 22.4 Å². The number of hydrogen-bond acceptors (Lipinski definition) is 4. The SMILES string of the molecule is Cc1nn(CC(C)C)c(C)c1S(=O)(=O)NCC(C)(C)N.Cl. The molecule has 1 aromatic heterocycles. The maximum atomic E-state index is 12.4. The van der Waals surface area contributed by atoms with Crippen molar-refractivity contribution in [2.75, 3.05) is 6.54 Å². The van der Waals surface area contributed by atoms with Gasteiger partial charge >= 0.3 is 0 Å². The molecule has 21 heavy (non-hydrogen) atoms. The lowest BCUT2D eigenvalue weighted by Gasteiger charge is -2.19. The van der Waals surface area contributed by atoms with Gasteiger partial charge in [-0.2, -0.15) is 5.10 Å². The molecule has 6 nitrogen and oxygen atoms in total. The molecule has 8 heteroatoms. The molecule has 0 bridgehead atoms. The minimum atomic E-state index is -3.58. The average Bonchev–Trinajstić information content (AvgIpc) is 2.50. The lowest BCUT2D eigenvalue weighted by Crippen LogP contribution is -2.45. The van der Waals surface area contributed by atoms with Gasteiger partial charge in [0.2, 0.25) is 10.0 Å². The minimum absolute atomic E-state index is 0. The molecule has 0 radical (unpaired) electrons. The van der Waals surface area contributed by atoms with Gasteiger partial charge in [-0.1, -0.05) is 13.8 Å². The van der Waals surface area contributed by atoms with E-state index in [1.807, 2.05) is 0 Å². The molecule has 1 heterocycles. The Labute approximate surface area is 133 Å². The highest BCUT2D eigenvalue weighted by Crippen LogP contribution is 2.20. The molecule has 3 N–H and O–H groups in total. The van der Waals surface area contributed by atoms with E-state index in [-0.39, 0.29) is 23.8 Å². The Morgan fingerprint density at radius 2 is 1.86 bits per heavy atom. The standard InChI is InChI=1S/C13H26N4O2S.ClH/c1-9(2)7-17-11(4)12(10(3)16-17)20(18,19)15-8-13(5,6)14;/h9,15H,7-8,14H2,1-6H3;1H. The van der Waals surface area contributed by atoms with E-state index in [9.17, 15) is 8.42 Å². The van der Waals surface area contributed by atoms with Gasteiger partial charge in [0.1, 0.15) is 4.90 Å². The summed E-state index contributed by atoms with van der Waals surface area (Å²) >= 11 is 0. The zero-order valence-electron chi connectivity index (χ0n) is 13.6. The van der Waals surface area contributed by atoms with Crippen molar-refractivity contribution < 1.29 is 8.42 Å². The molecule has 124 valence electrons. The van der Waals surface area contributed by atoms with Crippen LogP contribution in [0.4, 0.5) is 0 Å². The molecule has 0 aromatic carbocycles. The smallest absolute Gasteiger partial charge is 0.244 e. The summed E-state index contributed by atoms with van der Waals surface area (Å²) in [6.07, 6.45) is 0. The average molecular weight is 339 g/mol. The zero-order valence-corrected chi connectivity index (χ0v) is 15.2. The first-order chi connectivity index (χ1) is 8.94. The normalized spacial score (nSPS) is 12.6. The number of aryl methyl sites for hydroxylation is 1. The highest BCUT2D eigenvalue weighted by atomic mass is 35.5. The fraction of sp³-hybridized carbons (Fsp3) is 0.769. The molecule has 0 amide bonds. The number of nitrogens with two attached hydrogens (primary N) is 1. The van der Waals surface area contributed by atoms with Crippen LogP contribution in [0.1, 0.15) is 39.1 Å². The molecule has 1 rings (SSSR count). The van der Waals surface area contributed by atoms with Gasteiger partial charge in [0.25, 0.3) is 0 Å². The van der Waals surface area contributed by atoms with Crippen molar-refractivity contribution in [3.63, 3.8) is 0 Å². The quantitative estimate of drug-likeness (QED) is 0.824. The summed E-state index contributed by atoms with van der Waals surface area (Å²) in [5, 5.41) is 4.33. The molecule has 0 saturated heterocycles. The van der Waals surface area contributed by atoms with E-state index < -0.39 is 15.6 Å². The summed E-state index contributed by atoms with van der Waals surface area (Å²) in [7, 11) is -3.58. The van der Waals surface area contributed by atoms with Crippen LogP contribution in [0.5, 0.6) is 0 Å². The van der Waals surface area contributed by atoms with E-state index in [2.05, 4.69) is 23.7 Å². The topological polar surface area (TPSA) is 90.0 Å². The van der Waals surface area contributed by atoms with E-state index in [0.29, 0.717) is 23.9 Å². The van der Waals surface area contributed by atoms with E-state index in [1.54, 1.807) is 32.4 Å².